The summed E-state index contributed by atoms with van der Waals surface area (Å²) in [5.41, 5.74) is 3.54. The molecule has 1 aliphatic carbocycles. The second-order valence-electron chi connectivity index (χ2n) is 10.5. The number of rotatable bonds is 6. The molecule has 0 spiro atoms. The van der Waals surface area contributed by atoms with E-state index < -0.39 is 21.9 Å². The molecule has 42 heavy (non-hydrogen) atoms. The highest BCUT2D eigenvalue weighted by molar-refractivity contribution is 7.91. The van der Waals surface area contributed by atoms with E-state index in [2.05, 4.69) is 29.0 Å². The van der Waals surface area contributed by atoms with Gasteiger partial charge < -0.3 is 10.4 Å². The molecule has 238 valence electrons. The Bertz CT molecular complexity index is 1180. The van der Waals surface area contributed by atoms with Crippen LogP contribution >= 0.6 is 0 Å². The number of amides is 1. The van der Waals surface area contributed by atoms with Crippen LogP contribution in [0.15, 0.2) is 41.4 Å². The van der Waals surface area contributed by atoms with Gasteiger partial charge in [0, 0.05) is 26.4 Å². The topological polar surface area (TPSA) is 99.6 Å². The van der Waals surface area contributed by atoms with E-state index in [1.165, 1.54) is 6.42 Å². The normalized spacial score (nSPS) is 16.0. The van der Waals surface area contributed by atoms with Gasteiger partial charge in [0.2, 0.25) is 0 Å². The molecule has 1 saturated carbocycles. The molecule has 2 heterocycles. The number of alkyl halides is 3. The Morgan fingerprint density at radius 2 is 1.62 bits per heavy atom. The molecule has 1 atom stereocenters. The number of hydrogen-bond acceptors (Lipinski definition) is 6. The van der Waals surface area contributed by atoms with Crippen LogP contribution in [0.2, 0.25) is 0 Å². The lowest BCUT2D eigenvalue weighted by molar-refractivity contribution is -0.181. The summed E-state index contributed by atoms with van der Waals surface area (Å²) in [6.45, 7) is 9.47. The largest absolute Gasteiger partial charge is 0.400 e. The second-order valence-corrected chi connectivity index (χ2v) is 12.8. The van der Waals surface area contributed by atoms with E-state index >= 15 is 0 Å². The number of nitrogens with one attached hydrogen (secondary N) is 1. The molecule has 7 nitrogen and oxygen atoms in total. The average Bonchev–Trinajstić information content (AvgIpc) is 3.37. The lowest BCUT2D eigenvalue weighted by atomic mass is 9.89. The summed E-state index contributed by atoms with van der Waals surface area (Å²) in [5.74, 6) is -1.10. The summed E-state index contributed by atoms with van der Waals surface area (Å²) >= 11 is 0. The van der Waals surface area contributed by atoms with Crippen molar-refractivity contribution in [2.24, 2.45) is 5.92 Å². The molecule has 0 radical (unpaired) electrons. The molecule has 1 fully saturated rings. The number of nitrogens with zero attached hydrogens (tertiary/aromatic N) is 2. The monoisotopic (exact) mass is 615 g/mol. The van der Waals surface area contributed by atoms with Crippen molar-refractivity contribution in [3.63, 3.8) is 0 Å². The van der Waals surface area contributed by atoms with E-state index in [9.17, 15) is 26.4 Å². The molecular weight excluding hydrogens is 567 g/mol. The first kappa shape index (κ1) is 37.5. The maximum atomic E-state index is 12.7. The predicted molar refractivity (Wildman–Crippen MR) is 161 cm³/mol. The van der Waals surface area contributed by atoms with Crippen molar-refractivity contribution in [2.75, 3.05) is 19.9 Å². The van der Waals surface area contributed by atoms with Gasteiger partial charge in [0.1, 0.15) is 0 Å². The van der Waals surface area contributed by atoms with Gasteiger partial charge in [-0.1, -0.05) is 65.5 Å². The zero-order valence-electron chi connectivity index (χ0n) is 25.8. The molecule has 0 bridgehead atoms. The molecule has 11 heteroatoms. The Balaban J connectivity index is 0.000000488. The highest BCUT2D eigenvalue weighted by Crippen LogP contribution is 2.37. The first-order valence-electron chi connectivity index (χ1n) is 14.7. The van der Waals surface area contributed by atoms with Crippen molar-refractivity contribution in [1.29, 1.82) is 0 Å². The molecular formula is C31H48F3N3O4S. The summed E-state index contributed by atoms with van der Waals surface area (Å²) in [6, 6.07) is 8.47. The van der Waals surface area contributed by atoms with E-state index in [1.54, 1.807) is 37.4 Å². The van der Waals surface area contributed by atoms with Gasteiger partial charge >= 0.3 is 6.18 Å². The quantitative estimate of drug-likeness (QED) is 0.369. The fourth-order valence-corrected chi connectivity index (χ4v) is 5.60. The molecule has 1 aromatic heterocycles. The van der Waals surface area contributed by atoms with Crippen LogP contribution < -0.4 is 5.32 Å². The highest BCUT2D eigenvalue weighted by atomic mass is 32.2. The molecule has 1 amide bonds. The maximum Gasteiger partial charge on any atom is 0.391 e. The molecule has 1 unspecified atom stereocenters. The lowest BCUT2D eigenvalue weighted by Gasteiger charge is -2.23. The third-order valence-electron chi connectivity index (χ3n) is 6.99. The smallest absolute Gasteiger partial charge is 0.391 e. The van der Waals surface area contributed by atoms with Crippen LogP contribution in [-0.4, -0.2) is 55.4 Å². The van der Waals surface area contributed by atoms with Crippen LogP contribution in [0, 0.1) is 5.92 Å². The number of hydrogen-bond donors (Lipinski definition) is 2. The molecule has 4 rings (SSSR count). The number of aromatic nitrogens is 1. The summed E-state index contributed by atoms with van der Waals surface area (Å²) in [6.07, 6.45) is 2.83. The van der Waals surface area contributed by atoms with Gasteiger partial charge in [-0.05, 0) is 55.6 Å². The van der Waals surface area contributed by atoms with E-state index in [-0.39, 0.29) is 17.7 Å². The van der Waals surface area contributed by atoms with E-state index in [0.717, 1.165) is 56.3 Å². The van der Waals surface area contributed by atoms with Crippen LogP contribution in [0.1, 0.15) is 106 Å². The first-order valence-corrected chi connectivity index (χ1v) is 16.3. The number of carbonyl (C=O) groups is 1. The Kier molecular flexibility index (Phi) is 16.3. The van der Waals surface area contributed by atoms with Gasteiger partial charge in [-0.3, -0.25) is 14.7 Å². The highest BCUT2D eigenvalue weighted by Gasteiger charge is 2.39. The van der Waals surface area contributed by atoms with Crippen LogP contribution in [0.3, 0.4) is 0 Å². The molecule has 1 aromatic carbocycles. The summed E-state index contributed by atoms with van der Waals surface area (Å²) in [5, 5.41) is 10.0. The van der Waals surface area contributed by atoms with Crippen molar-refractivity contribution < 1.29 is 31.5 Å². The van der Waals surface area contributed by atoms with Crippen molar-refractivity contribution in [3.05, 3.63) is 58.9 Å². The minimum Gasteiger partial charge on any atom is -0.400 e. The minimum atomic E-state index is -3.93. The third-order valence-corrected chi connectivity index (χ3v) is 8.74. The van der Waals surface area contributed by atoms with Crippen molar-refractivity contribution in [1.82, 2.24) is 15.2 Å². The Labute approximate surface area is 249 Å². The van der Waals surface area contributed by atoms with Gasteiger partial charge in [0.15, 0.2) is 9.84 Å². The standard InChI is InChI=1S/C20H25N3O3S.C7H11F3.C3H8.CH4O/c1-4-18(14-6-8-17(9-7-14)27(25,26)5-2)22-20(24)15-10-16-12-23(3)13-19(16)21-11-15;8-7(9,10)6-4-2-1-3-5-6;1-3-2;1-2/h6-11,18H,4-5,12-13H2,1-3H3,(H,22,24);6H,1-5H2;3H2,1-2H3;2H,1H3. The number of aliphatic hydroxyl groups excluding tert-OH is 1. The lowest BCUT2D eigenvalue weighted by Crippen LogP contribution is -2.28. The Morgan fingerprint density at radius 3 is 2.10 bits per heavy atom. The van der Waals surface area contributed by atoms with E-state index in [0.29, 0.717) is 29.7 Å². The second kappa shape index (κ2) is 18.2. The number of halogens is 3. The number of carbonyl (C=O) groups excluding carboxylic acids is 1. The van der Waals surface area contributed by atoms with Crippen molar-refractivity contribution in [3.8, 4) is 0 Å². The molecule has 1 aliphatic heterocycles. The van der Waals surface area contributed by atoms with Gasteiger partial charge in [0.25, 0.3) is 5.91 Å². The summed E-state index contributed by atoms with van der Waals surface area (Å²) in [7, 11) is -0.199. The molecule has 0 saturated heterocycles. The summed E-state index contributed by atoms with van der Waals surface area (Å²) < 4.78 is 59.7. The molecule has 2 N–H and O–H groups in total. The van der Waals surface area contributed by atoms with Gasteiger partial charge in [-0.2, -0.15) is 13.2 Å². The van der Waals surface area contributed by atoms with Crippen LogP contribution in [-0.2, 0) is 22.9 Å². The van der Waals surface area contributed by atoms with Gasteiger partial charge in [0.05, 0.1) is 33.9 Å². The number of sulfone groups is 1. The Morgan fingerprint density at radius 1 is 1.05 bits per heavy atom. The Hall–Kier alpha value is -2.50. The number of pyridine rings is 1. The minimum absolute atomic E-state index is 0.0702. The van der Waals surface area contributed by atoms with E-state index in [1.807, 2.05) is 20.0 Å². The third kappa shape index (κ3) is 11.6. The van der Waals surface area contributed by atoms with Crippen molar-refractivity contribution in [2.45, 2.75) is 103 Å². The van der Waals surface area contributed by atoms with Crippen LogP contribution in [0.5, 0.6) is 0 Å². The van der Waals surface area contributed by atoms with Gasteiger partial charge in [-0.15, -0.1) is 0 Å². The van der Waals surface area contributed by atoms with Crippen molar-refractivity contribution >= 4 is 15.7 Å². The SMILES string of the molecule is CCC.CCC(NC(=O)c1cnc2c(c1)CN(C)C2)c1ccc(S(=O)(=O)CC)cc1.CO.FC(F)(F)C1CCCCC1. The molecule has 2 aliphatic rings. The fourth-order valence-electron chi connectivity index (χ4n) is 4.71. The summed E-state index contributed by atoms with van der Waals surface area (Å²) in [4.78, 5) is 19.6. The molecule has 2 aromatic rings. The van der Waals surface area contributed by atoms with Crippen LogP contribution in [0.25, 0.3) is 0 Å². The van der Waals surface area contributed by atoms with Crippen LogP contribution in [0.4, 0.5) is 13.2 Å². The zero-order valence-corrected chi connectivity index (χ0v) is 26.6. The average molecular weight is 616 g/mol. The number of fused-ring (bicyclic) bond motifs is 1. The van der Waals surface area contributed by atoms with Gasteiger partial charge in [-0.25, -0.2) is 8.42 Å². The maximum absolute atomic E-state index is 12.7. The first-order chi connectivity index (χ1) is 19.9. The number of aliphatic hydroxyl groups is 1. The zero-order chi connectivity index (χ0) is 31.9. The predicted octanol–water partition coefficient (Wildman–Crippen LogP) is 6.86. The fraction of sp³-hybridized carbons (Fsp3) is 0.613. The number of benzene rings is 1. The van der Waals surface area contributed by atoms with E-state index in [4.69, 9.17) is 5.11 Å².